The van der Waals surface area contributed by atoms with E-state index in [4.69, 9.17) is 19.9 Å². The van der Waals surface area contributed by atoms with Crippen molar-refractivity contribution in [1.82, 2.24) is 9.55 Å². The topological polar surface area (TPSA) is 88.6 Å². The van der Waals surface area contributed by atoms with Gasteiger partial charge in [-0.15, -0.1) is 0 Å². The standard InChI is InChI=1S/C17H25N3O4/c1-16(2,3)22-9-10-8-11(14-13(10)23-17(4,5)24-14)20-7-6-12(18)19-15(20)21/h6-8,11,13-14H,9H2,1-5H3,(H2,18,19,21)/t11-,13-,14+/m0/s1. The van der Waals surface area contributed by atoms with Gasteiger partial charge in [-0.05, 0) is 46.3 Å². The van der Waals surface area contributed by atoms with E-state index >= 15 is 0 Å². The molecule has 2 heterocycles. The predicted molar refractivity (Wildman–Crippen MR) is 89.6 cm³/mol. The van der Waals surface area contributed by atoms with Crippen LogP contribution in [0.1, 0.15) is 40.7 Å². The van der Waals surface area contributed by atoms with E-state index in [2.05, 4.69) is 4.98 Å². The van der Waals surface area contributed by atoms with Crippen LogP contribution in [0.4, 0.5) is 5.82 Å². The second-order valence-corrected chi connectivity index (χ2v) is 7.70. The molecule has 0 aromatic carbocycles. The van der Waals surface area contributed by atoms with Crippen molar-refractivity contribution in [3.8, 4) is 0 Å². The van der Waals surface area contributed by atoms with Gasteiger partial charge in [0.2, 0.25) is 0 Å². The lowest BCUT2D eigenvalue weighted by Gasteiger charge is -2.23. The molecule has 1 saturated heterocycles. The van der Waals surface area contributed by atoms with Gasteiger partial charge in [0, 0.05) is 6.20 Å². The first kappa shape index (κ1) is 17.1. The predicted octanol–water partition coefficient (Wildman–Crippen LogP) is 1.64. The van der Waals surface area contributed by atoms with Crippen molar-refractivity contribution in [1.29, 1.82) is 0 Å². The second kappa shape index (κ2) is 5.68. The van der Waals surface area contributed by atoms with Crippen LogP contribution in [0, 0.1) is 0 Å². The van der Waals surface area contributed by atoms with Gasteiger partial charge in [-0.1, -0.05) is 6.08 Å². The van der Waals surface area contributed by atoms with E-state index in [0.717, 1.165) is 5.57 Å². The maximum atomic E-state index is 12.2. The molecule has 0 unspecified atom stereocenters. The molecule has 0 radical (unpaired) electrons. The van der Waals surface area contributed by atoms with Gasteiger partial charge >= 0.3 is 5.69 Å². The van der Waals surface area contributed by atoms with Crippen LogP contribution in [0.2, 0.25) is 0 Å². The van der Waals surface area contributed by atoms with Crippen molar-refractivity contribution in [3.63, 3.8) is 0 Å². The van der Waals surface area contributed by atoms with E-state index in [1.165, 1.54) is 4.57 Å². The zero-order chi connectivity index (χ0) is 17.7. The third kappa shape index (κ3) is 3.38. The summed E-state index contributed by atoms with van der Waals surface area (Å²) < 4.78 is 19.5. The van der Waals surface area contributed by atoms with Crippen LogP contribution >= 0.6 is 0 Å². The van der Waals surface area contributed by atoms with Crippen LogP contribution < -0.4 is 11.4 Å². The normalized spacial score (nSPS) is 28.7. The average Bonchev–Trinajstić information content (AvgIpc) is 2.90. The molecule has 0 amide bonds. The Morgan fingerprint density at radius 2 is 2.08 bits per heavy atom. The fourth-order valence-electron chi connectivity index (χ4n) is 3.06. The number of rotatable bonds is 3. The van der Waals surface area contributed by atoms with Gasteiger partial charge in [0.15, 0.2) is 5.79 Å². The number of hydrogen-bond donors (Lipinski definition) is 1. The Kier molecular flexibility index (Phi) is 4.06. The molecule has 0 saturated carbocycles. The first-order valence-electron chi connectivity index (χ1n) is 8.11. The van der Waals surface area contributed by atoms with Crippen molar-refractivity contribution in [2.45, 2.75) is 64.3 Å². The zero-order valence-electron chi connectivity index (χ0n) is 14.8. The molecule has 1 aromatic heterocycles. The van der Waals surface area contributed by atoms with Crippen LogP contribution in [-0.2, 0) is 14.2 Å². The molecule has 2 aliphatic rings. The Labute approximate surface area is 141 Å². The smallest absolute Gasteiger partial charge is 0.350 e. The van der Waals surface area contributed by atoms with E-state index in [9.17, 15) is 4.79 Å². The molecule has 1 aromatic rings. The SMILES string of the molecule is CC(C)(C)OCC1=C[C@H](n2ccc(N)nc2=O)[C@H]2OC(C)(C)O[C@@H]12. The summed E-state index contributed by atoms with van der Waals surface area (Å²) >= 11 is 0. The van der Waals surface area contributed by atoms with Crippen LogP contribution in [0.25, 0.3) is 0 Å². The minimum atomic E-state index is -0.709. The van der Waals surface area contributed by atoms with Crippen molar-refractivity contribution >= 4 is 5.82 Å². The van der Waals surface area contributed by atoms with Gasteiger partial charge in [0.1, 0.15) is 18.0 Å². The molecule has 1 fully saturated rings. The summed E-state index contributed by atoms with van der Waals surface area (Å²) in [5.41, 5.74) is 5.90. The lowest BCUT2D eigenvalue weighted by atomic mass is 10.1. The van der Waals surface area contributed by atoms with E-state index in [1.54, 1.807) is 12.3 Å². The summed E-state index contributed by atoms with van der Waals surface area (Å²) in [6.07, 6.45) is 3.10. The quantitative estimate of drug-likeness (QED) is 0.845. The van der Waals surface area contributed by atoms with E-state index in [1.807, 2.05) is 40.7 Å². The molecule has 0 spiro atoms. The Hall–Kier alpha value is -1.70. The average molecular weight is 335 g/mol. The molecule has 1 aliphatic carbocycles. The summed E-state index contributed by atoms with van der Waals surface area (Å²) in [7, 11) is 0. The molecular weight excluding hydrogens is 310 g/mol. The van der Waals surface area contributed by atoms with Crippen LogP contribution in [-0.4, -0.2) is 39.8 Å². The number of anilines is 1. The molecule has 2 N–H and O–H groups in total. The molecule has 3 atom stereocenters. The fraction of sp³-hybridized carbons (Fsp3) is 0.647. The summed E-state index contributed by atoms with van der Waals surface area (Å²) in [5.74, 6) is -0.505. The molecule has 3 rings (SSSR count). The third-order valence-electron chi connectivity index (χ3n) is 4.06. The number of ether oxygens (including phenoxy) is 3. The highest BCUT2D eigenvalue weighted by Crippen LogP contribution is 2.43. The number of aromatic nitrogens is 2. The Morgan fingerprint density at radius 3 is 2.71 bits per heavy atom. The monoisotopic (exact) mass is 335 g/mol. The van der Waals surface area contributed by atoms with Gasteiger partial charge < -0.3 is 19.9 Å². The number of fused-ring (bicyclic) bond motifs is 1. The Balaban J connectivity index is 1.93. The minimum absolute atomic E-state index is 0.204. The molecule has 1 aliphatic heterocycles. The number of nitrogen functional groups attached to an aromatic ring is 1. The lowest BCUT2D eigenvalue weighted by Crippen LogP contribution is -2.35. The first-order valence-corrected chi connectivity index (χ1v) is 8.11. The van der Waals surface area contributed by atoms with E-state index in [-0.39, 0.29) is 29.7 Å². The van der Waals surface area contributed by atoms with Crippen molar-refractivity contribution in [2.24, 2.45) is 0 Å². The Morgan fingerprint density at radius 1 is 1.38 bits per heavy atom. The van der Waals surface area contributed by atoms with Crippen molar-refractivity contribution in [2.75, 3.05) is 12.3 Å². The molecule has 7 nitrogen and oxygen atoms in total. The van der Waals surface area contributed by atoms with Gasteiger partial charge in [0.25, 0.3) is 0 Å². The highest BCUT2D eigenvalue weighted by atomic mass is 16.8. The summed E-state index contributed by atoms with van der Waals surface area (Å²) in [6.45, 7) is 10.2. The zero-order valence-corrected chi connectivity index (χ0v) is 14.8. The summed E-state index contributed by atoms with van der Waals surface area (Å²) in [6, 6.07) is 1.31. The Bertz CT molecular complexity index is 717. The van der Waals surface area contributed by atoms with Gasteiger partial charge in [-0.2, -0.15) is 4.98 Å². The second-order valence-electron chi connectivity index (χ2n) is 7.70. The van der Waals surface area contributed by atoms with Gasteiger partial charge in [-0.25, -0.2) is 4.79 Å². The minimum Gasteiger partial charge on any atom is -0.383 e. The number of nitrogens with zero attached hydrogens (tertiary/aromatic N) is 2. The molecular formula is C17H25N3O4. The molecule has 0 bridgehead atoms. The van der Waals surface area contributed by atoms with Crippen molar-refractivity contribution < 1.29 is 14.2 Å². The van der Waals surface area contributed by atoms with E-state index in [0.29, 0.717) is 6.61 Å². The largest absolute Gasteiger partial charge is 0.383 e. The van der Waals surface area contributed by atoms with E-state index < -0.39 is 11.5 Å². The highest BCUT2D eigenvalue weighted by Gasteiger charge is 2.50. The van der Waals surface area contributed by atoms with Crippen LogP contribution in [0.15, 0.2) is 28.7 Å². The maximum absolute atomic E-state index is 12.2. The van der Waals surface area contributed by atoms with Crippen molar-refractivity contribution in [3.05, 3.63) is 34.4 Å². The maximum Gasteiger partial charge on any atom is 0.350 e. The first-order chi connectivity index (χ1) is 11.1. The summed E-state index contributed by atoms with van der Waals surface area (Å²) in [4.78, 5) is 16.0. The van der Waals surface area contributed by atoms with Crippen LogP contribution in [0.5, 0.6) is 0 Å². The van der Waals surface area contributed by atoms with Gasteiger partial charge in [0.05, 0.1) is 18.2 Å². The van der Waals surface area contributed by atoms with Gasteiger partial charge in [-0.3, -0.25) is 4.57 Å². The molecule has 132 valence electrons. The highest BCUT2D eigenvalue weighted by molar-refractivity contribution is 5.28. The third-order valence-corrected chi connectivity index (χ3v) is 4.06. The summed E-state index contributed by atoms with van der Waals surface area (Å²) in [5, 5.41) is 0. The number of hydrogen-bond acceptors (Lipinski definition) is 6. The fourth-order valence-corrected chi connectivity index (χ4v) is 3.06. The van der Waals surface area contributed by atoms with Crippen LogP contribution in [0.3, 0.4) is 0 Å². The number of nitrogens with two attached hydrogens (primary N) is 1. The lowest BCUT2D eigenvalue weighted by molar-refractivity contribution is -0.148. The molecule has 7 heteroatoms. The molecule has 24 heavy (non-hydrogen) atoms.